The number of thiazole rings is 1. The summed E-state index contributed by atoms with van der Waals surface area (Å²) in [6.07, 6.45) is 2.00. The van der Waals surface area contributed by atoms with Gasteiger partial charge in [0.2, 0.25) is 0 Å². The van der Waals surface area contributed by atoms with Crippen molar-refractivity contribution in [1.29, 1.82) is 0 Å². The number of nitrogens with two attached hydrogens (primary N) is 1. The Morgan fingerprint density at radius 1 is 1.53 bits per heavy atom. The molecule has 0 amide bonds. The van der Waals surface area contributed by atoms with Crippen LogP contribution in [0, 0.1) is 3.95 Å². The van der Waals surface area contributed by atoms with Gasteiger partial charge < -0.3 is 10.5 Å². The van der Waals surface area contributed by atoms with E-state index in [0.29, 0.717) is 14.6 Å². The van der Waals surface area contributed by atoms with Crippen molar-refractivity contribution in [3.8, 4) is 5.69 Å². The number of nitrogens with zero attached hydrogens (tertiary/aromatic N) is 1. The molecule has 100 valence electrons. The summed E-state index contributed by atoms with van der Waals surface area (Å²) in [7, 11) is 1.32. The van der Waals surface area contributed by atoms with E-state index >= 15 is 0 Å². The molecule has 1 heterocycles. The minimum Gasteiger partial charge on any atom is -0.465 e. The summed E-state index contributed by atoms with van der Waals surface area (Å²) in [6.45, 7) is 0. The lowest BCUT2D eigenvalue weighted by Gasteiger charge is -2.07. The van der Waals surface area contributed by atoms with Gasteiger partial charge in [-0.05, 0) is 36.7 Å². The van der Waals surface area contributed by atoms with E-state index in [1.54, 1.807) is 16.3 Å². The molecule has 0 aliphatic carbocycles. The Bertz CT molecular complexity index is 676. The van der Waals surface area contributed by atoms with Crippen LogP contribution in [-0.4, -0.2) is 23.9 Å². The van der Waals surface area contributed by atoms with Crippen LogP contribution in [0.3, 0.4) is 0 Å². The summed E-state index contributed by atoms with van der Waals surface area (Å²) in [5, 5.41) is 0. The van der Waals surface area contributed by atoms with Crippen LogP contribution >= 0.6 is 35.3 Å². The van der Waals surface area contributed by atoms with Crippen LogP contribution in [0.25, 0.3) is 5.69 Å². The number of carbonyl (C=O) groups excluding carboxylic acids is 1. The molecule has 0 spiro atoms. The van der Waals surface area contributed by atoms with E-state index in [9.17, 15) is 4.79 Å². The van der Waals surface area contributed by atoms with E-state index in [-0.39, 0.29) is 0 Å². The molecule has 7 heteroatoms. The monoisotopic (exact) mass is 312 g/mol. The maximum absolute atomic E-state index is 11.6. The highest BCUT2D eigenvalue weighted by molar-refractivity contribution is 7.98. The lowest BCUT2D eigenvalue weighted by molar-refractivity contribution is 0.0607. The quantitative estimate of drug-likeness (QED) is 0.535. The third kappa shape index (κ3) is 2.68. The summed E-state index contributed by atoms with van der Waals surface area (Å²) in [5.74, 6) is -0.145. The van der Waals surface area contributed by atoms with Gasteiger partial charge in [0.15, 0.2) is 8.83 Å². The molecule has 0 fully saturated rings. The Balaban J connectivity index is 2.59. The zero-order valence-corrected chi connectivity index (χ0v) is 12.8. The average molecular weight is 312 g/mol. The first kappa shape index (κ1) is 14.1. The van der Waals surface area contributed by atoms with Gasteiger partial charge in [-0.25, -0.2) is 4.79 Å². The van der Waals surface area contributed by atoms with Crippen molar-refractivity contribution in [2.45, 2.75) is 4.90 Å². The van der Waals surface area contributed by atoms with Gasteiger partial charge in [0.1, 0.15) is 5.82 Å². The van der Waals surface area contributed by atoms with Crippen LogP contribution in [0.15, 0.2) is 29.2 Å². The first-order chi connectivity index (χ1) is 9.08. The molecule has 0 aliphatic heterocycles. The number of aromatic nitrogens is 1. The first-order valence-electron chi connectivity index (χ1n) is 5.32. The number of esters is 1. The van der Waals surface area contributed by atoms with Gasteiger partial charge in [0.05, 0.1) is 12.8 Å². The number of methoxy groups -OCH3 is 1. The number of ether oxygens (including phenoxy) is 1. The van der Waals surface area contributed by atoms with Gasteiger partial charge in [0, 0.05) is 4.90 Å². The van der Waals surface area contributed by atoms with Gasteiger partial charge in [0.25, 0.3) is 0 Å². The predicted molar refractivity (Wildman–Crippen MR) is 82.0 cm³/mol. The van der Waals surface area contributed by atoms with Crippen molar-refractivity contribution >= 4 is 47.1 Å². The van der Waals surface area contributed by atoms with Crippen molar-refractivity contribution < 1.29 is 9.53 Å². The lowest BCUT2D eigenvalue weighted by atomic mass is 10.3. The van der Waals surface area contributed by atoms with E-state index in [1.807, 2.05) is 30.5 Å². The lowest BCUT2D eigenvalue weighted by Crippen LogP contribution is -2.06. The summed E-state index contributed by atoms with van der Waals surface area (Å²) < 4.78 is 6.90. The van der Waals surface area contributed by atoms with Crippen molar-refractivity contribution in [3.05, 3.63) is 33.1 Å². The van der Waals surface area contributed by atoms with E-state index in [2.05, 4.69) is 0 Å². The SMILES string of the molecule is COC(=O)c1sc(=S)n(-c2cccc(SC)c2)c1N. The largest absolute Gasteiger partial charge is 0.465 e. The second-order valence-electron chi connectivity index (χ2n) is 3.61. The smallest absolute Gasteiger partial charge is 0.351 e. The van der Waals surface area contributed by atoms with Crippen LogP contribution in [0.4, 0.5) is 5.82 Å². The van der Waals surface area contributed by atoms with Crippen molar-refractivity contribution in [2.75, 3.05) is 19.1 Å². The maximum atomic E-state index is 11.6. The van der Waals surface area contributed by atoms with Gasteiger partial charge in [-0.2, -0.15) is 0 Å². The zero-order chi connectivity index (χ0) is 14.0. The Morgan fingerprint density at radius 2 is 2.26 bits per heavy atom. The van der Waals surface area contributed by atoms with Gasteiger partial charge in [-0.15, -0.1) is 11.8 Å². The Kier molecular flexibility index (Phi) is 4.28. The van der Waals surface area contributed by atoms with Crippen LogP contribution in [0.2, 0.25) is 0 Å². The molecule has 2 rings (SSSR count). The van der Waals surface area contributed by atoms with Crippen molar-refractivity contribution in [2.24, 2.45) is 0 Å². The number of carbonyl (C=O) groups is 1. The standard InChI is InChI=1S/C12H12N2O2S3/c1-16-11(15)9-10(13)14(12(17)19-9)7-4-3-5-8(6-7)18-2/h3-6H,13H2,1-2H3. The molecule has 2 N–H and O–H groups in total. The molecule has 0 aliphatic rings. The fraction of sp³-hybridized carbons (Fsp3) is 0.167. The second kappa shape index (κ2) is 5.77. The summed E-state index contributed by atoms with van der Waals surface area (Å²) in [5.41, 5.74) is 6.85. The number of hydrogen-bond donors (Lipinski definition) is 1. The first-order valence-corrected chi connectivity index (χ1v) is 7.77. The van der Waals surface area contributed by atoms with Crippen molar-refractivity contribution in [1.82, 2.24) is 4.57 Å². The van der Waals surface area contributed by atoms with Gasteiger partial charge in [-0.3, -0.25) is 4.57 Å². The minimum absolute atomic E-state index is 0.320. The number of rotatable bonds is 3. The molecular weight excluding hydrogens is 300 g/mol. The molecule has 2 aromatic rings. The molecule has 1 aromatic heterocycles. The van der Waals surface area contributed by atoms with E-state index in [4.69, 9.17) is 22.7 Å². The average Bonchev–Trinajstić information content (AvgIpc) is 2.73. The molecular formula is C12H12N2O2S3. The van der Waals surface area contributed by atoms with Gasteiger partial charge >= 0.3 is 5.97 Å². The topological polar surface area (TPSA) is 57.2 Å². The fourth-order valence-electron chi connectivity index (χ4n) is 1.62. The third-order valence-corrected chi connectivity index (χ3v) is 4.62. The normalized spacial score (nSPS) is 10.4. The third-order valence-electron chi connectivity index (χ3n) is 2.53. The van der Waals surface area contributed by atoms with Crippen LogP contribution < -0.4 is 5.73 Å². The van der Waals surface area contributed by atoms with Crippen LogP contribution in [-0.2, 0) is 4.74 Å². The number of benzene rings is 1. The highest BCUT2D eigenvalue weighted by atomic mass is 32.2. The number of hydrogen-bond acceptors (Lipinski definition) is 6. The van der Waals surface area contributed by atoms with Gasteiger partial charge in [-0.1, -0.05) is 17.4 Å². The Morgan fingerprint density at radius 3 is 2.89 bits per heavy atom. The molecule has 0 saturated carbocycles. The Labute approximate surface area is 124 Å². The molecule has 19 heavy (non-hydrogen) atoms. The molecule has 0 atom stereocenters. The number of nitrogen functional groups attached to an aromatic ring is 1. The van der Waals surface area contributed by atoms with E-state index < -0.39 is 5.97 Å². The second-order valence-corrected chi connectivity index (χ2v) is 6.13. The van der Waals surface area contributed by atoms with Crippen molar-refractivity contribution in [3.63, 3.8) is 0 Å². The highest BCUT2D eigenvalue weighted by Crippen LogP contribution is 2.28. The zero-order valence-electron chi connectivity index (χ0n) is 10.4. The summed E-state index contributed by atoms with van der Waals surface area (Å²) in [6, 6.07) is 7.81. The summed E-state index contributed by atoms with van der Waals surface area (Å²) >= 11 is 8.06. The predicted octanol–water partition coefficient (Wildman–Crippen LogP) is 3.36. The molecule has 0 bridgehead atoms. The maximum Gasteiger partial charge on any atom is 0.351 e. The molecule has 0 saturated heterocycles. The van der Waals surface area contributed by atoms with Crippen LogP contribution in [0.1, 0.15) is 9.67 Å². The molecule has 1 aromatic carbocycles. The van der Waals surface area contributed by atoms with E-state index in [1.165, 1.54) is 7.11 Å². The van der Waals surface area contributed by atoms with E-state index in [0.717, 1.165) is 21.9 Å². The number of thioether (sulfide) groups is 1. The molecule has 0 unspecified atom stereocenters. The van der Waals surface area contributed by atoms with Crippen LogP contribution in [0.5, 0.6) is 0 Å². The summed E-state index contributed by atoms with van der Waals surface area (Å²) in [4.78, 5) is 13.0. The minimum atomic E-state index is -0.464. The number of anilines is 1. The Hall–Kier alpha value is -1.31. The molecule has 0 radical (unpaired) electrons. The fourth-order valence-corrected chi connectivity index (χ4v) is 3.36. The molecule has 4 nitrogen and oxygen atoms in total. The highest BCUT2D eigenvalue weighted by Gasteiger charge is 2.18.